The van der Waals surface area contributed by atoms with Crippen molar-refractivity contribution in [1.29, 1.82) is 0 Å². The quantitative estimate of drug-likeness (QED) is 0.348. The van der Waals surface area contributed by atoms with E-state index in [1.165, 1.54) is 16.3 Å². The molecule has 2 N–H and O–H groups in total. The number of nitrogens with one attached hydrogen (secondary N) is 1. The van der Waals surface area contributed by atoms with Crippen molar-refractivity contribution in [3.63, 3.8) is 0 Å². The van der Waals surface area contributed by atoms with Crippen molar-refractivity contribution in [1.82, 2.24) is 20.0 Å². The summed E-state index contributed by atoms with van der Waals surface area (Å²) in [4.78, 5) is 15.8. The smallest absolute Gasteiger partial charge is 0.272 e. The molecule has 5 aromatic rings. The zero-order valence-electron chi connectivity index (χ0n) is 20.7. The molecule has 1 aromatic heterocycles. The number of hydrogen-bond donors (Lipinski definition) is 2. The highest BCUT2D eigenvalue weighted by Crippen LogP contribution is 2.27. The number of carbonyl (C=O) groups excluding carboxylic acids is 1. The van der Waals surface area contributed by atoms with Gasteiger partial charge in [-0.2, -0.15) is 5.10 Å². The molecule has 0 bridgehead atoms. The van der Waals surface area contributed by atoms with E-state index in [4.69, 9.17) is 0 Å². The topological polar surface area (TPSA) is 70.4 Å². The number of aliphatic hydroxyl groups is 1. The molecule has 37 heavy (non-hydrogen) atoms. The van der Waals surface area contributed by atoms with Crippen LogP contribution in [0.5, 0.6) is 0 Å². The Morgan fingerprint density at radius 1 is 0.865 bits per heavy atom. The van der Waals surface area contributed by atoms with Crippen molar-refractivity contribution in [2.75, 3.05) is 13.2 Å². The summed E-state index contributed by atoms with van der Waals surface area (Å²) in [5, 5.41) is 22.2. The van der Waals surface area contributed by atoms with E-state index in [1.54, 1.807) is 0 Å². The van der Waals surface area contributed by atoms with Crippen molar-refractivity contribution >= 4 is 27.5 Å². The van der Waals surface area contributed by atoms with Gasteiger partial charge in [0.25, 0.3) is 5.91 Å². The van der Waals surface area contributed by atoms with E-state index in [0.29, 0.717) is 25.3 Å². The highest BCUT2D eigenvalue weighted by molar-refractivity contribution is 5.94. The third kappa shape index (κ3) is 4.61. The van der Waals surface area contributed by atoms with Crippen molar-refractivity contribution in [3.8, 4) is 0 Å². The summed E-state index contributed by atoms with van der Waals surface area (Å²) in [6, 6.07) is 29.3. The standard InChI is InChI=1S/C31H30N4O2/c36-18-17-35-29-15-16-34(20-25-12-6-10-23-8-2-4-14-27(23)25)21-28(29)30(33-35)31(37)32-19-24-11-5-9-22-7-1-3-13-26(22)24/h1-14,36H,15-21H2,(H,32,37). The summed E-state index contributed by atoms with van der Waals surface area (Å²) in [6.07, 6.45) is 0.795. The van der Waals surface area contributed by atoms with Crippen LogP contribution >= 0.6 is 0 Å². The highest BCUT2D eigenvalue weighted by atomic mass is 16.3. The second kappa shape index (κ2) is 10.2. The maximum absolute atomic E-state index is 13.4. The molecule has 0 aliphatic carbocycles. The molecule has 0 radical (unpaired) electrons. The van der Waals surface area contributed by atoms with Crippen molar-refractivity contribution in [2.45, 2.75) is 32.6 Å². The second-order valence-corrected chi connectivity index (χ2v) is 9.64. The molecule has 0 fully saturated rings. The Bertz CT molecular complexity index is 1580. The number of rotatable bonds is 7. The van der Waals surface area contributed by atoms with Crippen LogP contribution in [-0.2, 0) is 32.6 Å². The van der Waals surface area contributed by atoms with Crippen LogP contribution in [0.3, 0.4) is 0 Å². The van der Waals surface area contributed by atoms with Gasteiger partial charge in [-0.15, -0.1) is 0 Å². The Labute approximate surface area is 216 Å². The summed E-state index contributed by atoms with van der Waals surface area (Å²) >= 11 is 0. The predicted octanol–water partition coefficient (Wildman–Crippen LogP) is 4.67. The van der Waals surface area contributed by atoms with Gasteiger partial charge in [-0.3, -0.25) is 14.4 Å². The van der Waals surface area contributed by atoms with E-state index in [1.807, 2.05) is 28.9 Å². The van der Waals surface area contributed by atoms with E-state index < -0.39 is 0 Å². The van der Waals surface area contributed by atoms with Gasteiger partial charge in [0.05, 0.1) is 13.2 Å². The number of aromatic nitrogens is 2. The van der Waals surface area contributed by atoms with Gasteiger partial charge in [-0.05, 0) is 32.7 Å². The second-order valence-electron chi connectivity index (χ2n) is 9.64. The first-order valence-electron chi connectivity index (χ1n) is 12.8. The summed E-state index contributed by atoms with van der Waals surface area (Å²) in [6.45, 7) is 3.16. The molecule has 0 spiro atoms. The molecule has 0 saturated heterocycles. The van der Waals surface area contributed by atoms with E-state index in [9.17, 15) is 9.90 Å². The molecular formula is C31H30N4O2. The first kappa shape index (κ1) is 23.4. The van der Waals surface area contributed by atoms with Crippen LogP contribution in [-0.4, -0.2) is 38.8 Å². The number of hydrogen-bond acceptors (Lipinski definition) is 4. The van der Waals surface area contributed by atoms with Gasteiger partial charge in [0.2, 0.25) is 0 Å². The Kier molecular flexibility index (Phi) is 6.43. The molecule has 6 rings (SSSR count). The average Bonchev–Trinajstić information content (AvgIpc) is 3.30. The minimum Gasteiger partial charge on any atom is -0.394 e. The zero-order chi connectivity index (χ0) is 25.2. The first-order valence-corrected chi connectivity index (χ1v) is 12.8. The fourth-order valence-corrected chi connectivity index (χ4v) is 5.52. The Morgan fingerprint density at radius 3 is 2.24 bits per heavy atom. The molecule has 0 saturated carbocycles. The van der Waals surface area contributed by atoms with Gasteiger partial charge in [-0.25, -0.2) is 0 Å². The number of aliphatic hydroxyl groups excluding tert-OH is 1. The van der Waals surface area contributed by atoms with E-state index in [-0.39, 0.29) is 12.5 Å². The number of benzene rings is 4. The third-order valence-electron chi connectivity index (χ3n) is 7.33. The number of fused-ring (bicyclic) bond motifs is 3. The van der Waals surface area contributed by atoms with Gasteiger partial charge in [0.15, 0.2) is 5.69 Å². The SMILES string of the molecule is O=C(NCc1cccc2ccccc12)c1nn(CCO)c2c1CN(Cc1cccc3ccccc13)CC2. The van der Waals surface area contributed by atoms with Crippen LogP contribution in [0.4, 0.5) is 0 Å². The largest absolute Gasteiger partial charge is 0.394 e. The summed E-state index contributed by atoms with van der Waals surface area (Å²) in [7, 11) is 0. The van der Waals surface area contributed by atoms with Crippen molar-refractivity contribution < 1.29 is 9.90 Å². The number of nitrogens with zero attached hydrogens (tertiary/aromatic N) is 3. The molecular weight excluding hydrogens is 460 g/mol. The third-order valence-corrected chi connectivity index (χ3v) is 7.33. The van der Waals surface area contributed by atoms with Crippen molar-refractivity contribution in [3.05, 3.63) is 113 Å². The summed E-state index contributed by atoms with van der Waals surface area (Å²) in [5.41, 5.74) is 4.85. The van der Waals surface area contributed by atoms with Crippen molar-refractivity contribution in [2.24, 2.45) is 0 Å². The van der Waals surface area contributed by atoms with Gasteiger partial charge >= 0.3 is 0 Å². The monoisotopic (exact) mass is 490 g/mol. The number of carbonyl (C=O) groups is 1. The summed E-state index contributed by atoms with van der Waals surface area (Å²) < 4.78 is 1.82. The molecule has 4 aromatic carbocycles. The number of amides is 1. The molecule has 0 atom stereocenters. The predicted molar refractivity (Wildman–Crippen MR) is 146 cm³/mol. The molecule has 0 unspecified atom stereocenters. The minimum absolute atomic E-state index is 0.00903. The van der Waals surface area contributed by atoms with Gasteiger partial charge < -0.3 is 10.4 Å². The molecule has 1 aliphatic heterocycles. The van der Waals surface area contributed by atoms with E-state index in [0.717, 1.165) is 47.1 Å². The van der Waals surface area contributed by atoms with Crippen LogP contribution in [0.2, 0.25) is 0 Å². The Hall–Kier alpha value is -4.00. The van der Waals surface area contributed by atoms with Crippen LogP contribution < -0.4 is 5.32 Å². The highest BCUT2D eigenvalue weighted by Gasteiger charge is 2.28. The van der Waals surface area contributed by atoms with Gasteiger partial charge in [0, 0.05) is 43.9 Å². The Balaban J connectivity index is 1.25. The van der Waals surface area contributed by atoms with E-state index in [2.05, 4.69) is 76.0 Å². The Morgan fingerprint density at radius 2 is 1.51 bits per heavy atom. The lowest BCUT2D eigenvalue weighted by atomic mass is 10.0. The zero-order valence-corrected chi connectivity index (χ0v) is 20.7. The van der Waals surface area contributed by atoms with Crippen LogP contribution in [0.15, 0.2) is 84.9 Å². The first-order chi connectivity index (χ1) is 18.2. The molecule has 186 valence electrons. The van der Waals surface area contributed by atoms with Crippen LogP contribution in [0.1, 0.15) is 32.9 Å². The van der Waals surface area contributed by atoms with E-state index >= 15 is 0 Å². The van der Waals surface area contributed by atoms with Crippen LogP contribution in [0.25, 0.3) is 21.5 Å². The van der Waals surface area contributed by atoms with Crippen LogP contribution in [0, 0.1) is 0 Å². The lowest BCUT2D eigenvalue weighted by Crippen LogP contribution is -2.32. The lowest BCUT2D eigenvalue weighted by Gasteiger charge is -2.28. The lowest BCUT2D eigenvalue weighted by molar-refractivity contribution is 0.0942. The molecule has 6 nitrogen and oxygen atoms in total. The molecule has 2 heterocycles. The minimum atomic E-state index is -0.173. The maximum Gasteiger partial charge on any atom is 0.272 e. The molecule has 6 heteroatoms. The van der Waals surface area contributed by atoms with Gasteiger partial charge in [-0.1, -0.05) is 84.9 Å². The maximum atomic E-state index is 13.4. The molecule has 1 amide bonds. The average molecular weight is 491 g/mol. The normalized spacial score (nSPS) is 13.6. The fourth-order valence-electron chi connectivity index (χ4n) is 5.52. The summed E-state index contributed by atoms with van der Waals surface area (Å²) in [5.74, 6) is -0.173. The fraction of sp³-hybridized carbons (Fsp3) is 0.226. The molecule has 1 aliphatic rings. The van der Waals surface area contributed by atoms with Gasteiger partial charge in [0.1, 0.15) is 0 Å².